The third-order valence-corrected chi connectivity index (χ3v) is 8.62. The number of aryl methyl sites for hydroxylation is 1. The van der Waals surface area contributed by atoms with E-state index in [9.17, 15) is 9.59 Å². The van der Waals surface area contributed by atoms with Gasteiger partial charge in [-0.3, -0.25) is 9.36 Å². The predicted octanol–water partition coefficient (Wildman–Crippen LogP) is 5.38. The third-order valence-electron chi connectivity index (χ3n) is 6.92. The van der Waals surface area contributed by atoms with Gasteiger partial charge in [0.1, 0.15) is 12.4 Å². The standard InChI is InChI=1S/C32H30IN3O4S/c1-6-16-40-26-14-8-22(9-15-26)29-28(31(38)39-7-2)20(4)34-32-36(29)30(37)27(41-32)18-23-17-19(3)35(21(23)5)25-12-10-24(33)11-13-25/h6,8-15,17-18,29H,1,7,16H2,2-5H3/b27-18-/t29-/m0/s1. The Hall–Kier alpha value is -3.70. The van der Waals surface area contributed by atoms with E-state index in [-0.39, 0.29) is 12.2 Å². The summed E-state index contributed by atoms with van der Waals surface area (Å²) in [6.07, 6.45) is 3.59. The first-order valence-corrected chi connectivity index (χ1v) is 15.1. The zero-order valence-corrected chi connectivity index (χ0v) is 26.3. The number of esters is 1. The number of rotatable bonds is 8. The number of carbonyl (C=O) groups excluding carboxylic acids is 1. The van der Waals surface area contributed by atoms with E-state index in [0.717, 1.165) is 28.2 Å². The Kier molecular flexibility index (Phi) is 8.46. The van der Waals surface area contributed by atoms with Crippen molar-refractivity contribution < 1.29 is 14.3 Å². The molecule has 210 valence electrons. The topological polar surface area (TPSA) is 74.8 Å². The highest BCUT2D eigenvalue weighted by Crippen LogP contribution is 2.32. The van der Waals surface area contributed by atoms with Crippen LogP contribution in [0.25, 0.3) is 11.8 Å². The lowest BCUT2D eigenvalue weighted by molar-refractivity contribution is -0.139. The molecule has 7 nitrogen and oxygen atoms in total. The molecule has 4 aromatic rings. The minimum absolute atomic E-state index is 0.209. The molecular weight excluding hydrogens is 649 g/mol. The fraction of sp³-hybridized carbons (Fsp3) is 0.219. The summed E-state index contributed by atoms with van der Waals surface area (Å²) in [5, 5.41) is 0. The van der Waals surface area contributed by atoms with E-state index in [0.29, 0.717) is 33.0 Å². The van der Waals surface area contributed by atoms with Gasteiger partial charge in [0, 0.05) is 20.6 Å². The van der Waals surface area contributed by atoms with Crippen molar-refractivity contribution in [1.29, 1.82) is 0 Å². The zero-order valence-electron chi connectivity index (χ0n) is 23.3. The normalized spacial score (nSPS) is 15.0. The summed E-state index contributed by atoms with van der Waals surface area (Å²) >= 11 is 3.61. The van der Waals surface area contributed by atoms with Crippen LogP contribution in [0.15, 0.2) is 88.3 Å². The lowest BCUT2D eigenvalue weighted by atomic mass is 9.96. The first kappa shape index (κ1) is 28.8. The van der Waals surface area contributed by atoms with Crippen LogP contribution >= 0.6 is 33.9 Å². The second kappa shape index (κ2) is 12.0. The van der Waals surface area contributed by atoms with Gasteiger partial charge in [-0.05, 0) is 110 Å². The summed E-state index contributed by atoms with van der Waals surface area (Å²) in [5.74, 6) is 0.184. The van der Waals surface area contributed by atoms with Crippen LogP contribution in [0.2, 0.25) is 0 Å². The number of ether oxygens (including phenoxy) is 2. The number of allylic oxidation sites excluding steroid dienone is 1. The van der Waals surface area contributed by atoms with Gasteiger partial charge in [-0.15, -0.1) is 0 Å². The molecule has 0 N–H and O–H groups in total. The van der Waals surface area contributed by atoms with E-state index >= 15 is 0 Å². The van der Waals surface area contributed by atoms with Gasteiger partial charge in [-0.1, -0.05) is 36.1 Å². The highest BCUT2D eigenvalue weighted by atomic mass is 127. The average Bonchev–Trinajstić information content (AvgIpc) is 3.41. The maximum absolute atomic E-state index is 14.0. The predicted molar refractivity (Wildman–Crippen MR) is 170 cm³/mol. The average molecular weight is 680 g/mol. The molecule has 5 rings (SSSR count). The zero-order chi connectivity index (χ0) is 29.3. The first-order valence-electron chi connectivity index (χ1n) is 13.2. The van der Waals surface area contributed by atoms with Gasteiger partial charge in [0.15, 0.2) is 4.80 Å². The Morgan fingerprint density at radius 2 is 1.83 bits per heavy atom. The summed E-state index contributed by atoms with van der Waals surface area (Å²) in [6.45, 7) is 11.9. The van der Waals surface area contributed by atoms with Crippen molar-refractivity contribution in [2.45, 2.75) is 33.7 Å². The van der Waals surface area contributed by atoms with Crippen LogP contribution in [0.1, 0.15) is 42.4 Å². The Bertz CT molecular complexity index is 1840. The minimum atomic E-state index is -0.680. The molecule has 0 saturated heterocycles. The highest BCUT2D eigenvalue weighted by Gasteiger charge is 2.33. The summed E-state index contributed by atoms with van der Waals surface area (Å²) in [5.41, 5.74) is 5.55. The Morgan fingerprint density at radius 3 is 2.49 bits per heavy atom. The number of hydrogen-bond acceptors (Lipinski definition) is 6. The fourth-order valence-electron chi connectivity index (χ4n) is 5.07. The van der Waals surface area contributed by atoms with Gasteiger partial charge in [-0.2, -0.15) is 0 Å². The molecule has 1 aliphatic heterocycles. The number of hydrogen-bond donors (Lipinski definition) is 0. The molecule has 2 aromatic heterocycles. The summed E-state index contributed by atoms with van der Waals surface area (Å²) in [4.78, 5) is 32.4. The van der Waals surface area contributed by atoms with Gasteiger partial charge < -0.3 is 14.0 Å². The van der Waals surface area contributed by atoms with E-state index in [1.807, 2.05) is 30.3 Å². The van der Waals surface area contributed by atoms with Crippen molar-refractivity contribution in [3.63, 3.8) is 0 Å². The molecule has 9 heteroatoms. The monoisotopic (exact) mass is 679 g/mol. The Labute approximate surface area is 255 Å². The molecule has 0 radical (unpaired) electrons. The van der Waals surface area contributed by atoms with Crippen LogP contribution in [0, 0.1) is 17.4 Å². The van der Waals surface area contributed by atoms with Crippen LogP contribution in [-0.2, 0) is 9.53 Å². The first-order chi connectivity index (χ1) is 19.7. The number of fused-ring (bicyclic) bond motifs is 1. The smallest absolute Gasteiger partial charge is 0.338 e. The van der Waals surface area contributed by atoms with Crippen LogP contribution in [-0.4, -0.2) is 28.3 Å². The lowest BCUT2D eigenvalue weighted by Crippen LogP contribution is -2.39. The third kappa shape index (κ3) is 5.60. The maximum Gasteiger partial charge on any atom is 0.338 e. The van der Waals surface area contributed by atoms with Crippen LogP contribution < -0.4 is 19.6 Å². The minimum Gasteiger partial charge on any atom is -0.490 e. The van der Waals surface area contributed by atoms with Crippen LogP contribution in [0.3, 0.4) is 0 Å². The largest absolute Gasteiger partial charge is 0.490 e. The summed E-state index contributed by atoms with van der Waals surface area (Å²) in [7, 11) is 0. The molecule has 0 spiro atoms. The summed E-state index contributed by atoms with van der Waals surface area (Å²) in [6, 6.07) is 17.1. The van der Waals surface area contributed by atoms with E-state index in [4.69, 9.17) is 9.47 Å². The van der Waals surface area contributed by atoms with Crippen molar-refractivity contribution in [1.82, 2.24) is 9.13 Å². The second-order valence-corrected chi connectivity index (χ2v) is 11.9. The number of halogens is 1. The summed E-state index contributed by atoms with van der Waals surface area (Å²) < 4.78 is 16.5. The van der Waals surface area contributed by atoms with E-state index < -0.39 is 12.0 Å². The van der Waals surface area contributed by atoms with Crippen molar-refractivity contribution in [2.24, 2.45) is 4.99 Å². The van der Waals surface area contributed by atoms with E-state index in [2.05, 4.69) is 82.9 Å². The number of thiazole rings is 1. The molecule has 3 heterocycles. The van der Waals surface area contributed by atoms with Crippen molar-refractivity contribution in [3.8, 4) is 11.4 Å². The van der Waals surface area contributed by atoms with Gasteiger partial charge in [0.25, 0.3) is 5.56 Å². The SMILES string of the molecule is C=CCOc1ccc([C@H]2C(C(=O)OCC)=C(C)N=c3s/c(=C\c4cc(C)n(-c5ccc(I)cc5)c4C)c(=O)n32)cc1. The molecule has 0 fully saturated rings. The number of carbonyl (C=O) groups is 1. The molecule has 1 atom stereocenters. The van der Waals surface area contributed by atoms with E-state index in [1.165, 1.54) is 14.9 Å². The molecular formula is C32H30IN3O4S. The molecule has 0 amide bonds. The van der Waals surface area contributed by atoms with Gasteiger partial charge >= 0.3 is 5.97 Å². The number of benzene rings is 2. The quantitative estimate of drug-likeness (QED) is 0.143. The molecule has 0 aliphatic carbocycles. The molecule has 2 aromatic carbocycles. The van der Waals surface area contributed by atoms with Gasteiger partial charge in [0.05, 0.1) is 28.5 Å². The molecule has 0 unspecified atom stereocenters. The van der Waals surface area contributed by atoms with E-state index in [1.54, 1.807) is 24.5 Å². The van der Waals surface area contributed by atoms with Gasteiger partial charge in [-0.25, -0.2) is 9.79 Å². The van der Waals surface area contributed by atoms with Crippen molar-refractivity contribution in [3.05, 3.63) is 124 Å². The molecule has 0 bridgehead atoms. The number of nitrogens with zero attached hydrogens (tertiary/aromatic N) is 3. The van der Waals surface area contributed by atoms with Gasteiger partial charge in [0.2, 0.25) is 0 Å². The second-order valence-electron chi connectivity index (χ2n) is 9.61. The molecule has 41 heavy (non-hydrogen) atoms. The van der Waals surface area contributed by atoms with Crippen LogP contribution in [0.5, 0.6) is 5.75 Å². The van der Waals surface area contributed by atoms with Crippen molar-refractivity contribution >= 4 is 46.0 Å². The fourth-order valence-corrected chi connectivity index (χ4v) is 6.47. The highest BCUT2D eigenvalue weighted by molar-refractivity contribution is 14.1. The molecule has 1 aliphatic rings. The van der Waals surface area contributed by atoms with Crippen molar-refractivity contribution in [2.75, 3.05) is 13.2 Å². The van der Waals surface area contributed by atoms with Crippen LogP contribution in [0.4, 0.5) is 0 Å². The Morgan fingerprint density at radius 1 is 1.12 bits per heavy atom. The Balaban J connectivity index is 1.65. The molecule has 0 saturated carbocycles. The number of aromatic nitrogens is 2. The maximum atomic E-state index is 14.0. The lowest BCUT2D eigenvalue weighted by Gasteiger charge is -2.24.